The van der Waals surface area contributed by atoms with Crippen LogP contribution in [0.15, 0.2) is 78.0 Å². The summed E-state index contributed by atoms with van der Waals surface area (Å²) in [6.45, 7) is 7.71. The van der Waals surface area contributed by atoms with Gasteiger partial charge in [0.15, 0.2) is 11.0 Å². The summed E-state index contributed by atoms with van der Waals surface area (Å²) in [7, 11) is 1.58. The Balaban J connectivity index is 1.29. The summed E-state index contributed by atoms with van der Waals surface area (Å²) in [4.78, 5) is 36.1. The number of alkyl halides is 3. The summed E-state index contributed by atoms with van der Waals surface area (Å²) in [5.41, 5.74) is 2.72. The van der Waals surface area contributed by atoms with Crippen LogP contribution in [0.4, 0.5) is 23.7 Å². The Hall–Kier alpha value is -4.85. The van der Waals surface area contributed by atoms with Gasteiger partial charge in [0.05, 0.1) is 29.8 Å². The first-order valence-electron chi connectivity index (χ1n) is 14.2. The van der Waals surface area contributed by atoms with Gasteiger partial charge in [0.2, 0.25) is 5.91 Å². The third-order valence-electron chi connectivity index (χ3n) is 7.17. The number of amides is 3. The Bertz CT molecular complexity index is 1770. The number of amidine groups is 1. The first-order chi connectivity index (χ1) is 21.7. The van der Waals surface area contributed by atoms with E-state index in [-0.39, 0.29) is 23.3 Å². The van der Waals surface area contributed by atoms with Crippen LogP contribution in [0.3, 0.4) is 0 Å². The molecule has 1 aliphatic heterocycles. The molecule has 1 saturated heterocycles. The van der Waals surface area contributed by atoms with E-state index in [1.807, 2.05) is 45.9 Å². The van der Waals surface area contributed by atoms with E-state index in [4.69, 9.17) is 4.74 Å². The van der Waals surface area contributed by atoms with Crippen molar-refractivity contribution in [3.05, 3.63) is 84.2 Å². The van der Waals surface area contributed by atoms with Crippen LogP contribution >= 0.6 is 11.8 Å². The number of carbonyl (C=O) groups is 2. The van der Waals surface area contributed by atoms with Crippen molar-refractivity contribution in [3.63, 3.8) is 0 Å². The molecule has 1 aromatic heterocycles. The average Bonchev–Trinajstić information content (AvgIpc) is 3.63. The molecule has 1 fully saturated rings. The summed E-state index contributed by atoms with van der Waals surface area (Å²) < 4.78 is 48.1. The third kappa shape index (κ3) is 7.33. The summed E-state index contributed by atoms with van der Waals surface area (Å²) >= 11 is 1.20. The van der Waals surface area contributed by atoms with Crippen molar-refractivity contribution in [1.29, 1.82) is 0 Å². The van der Waals surface area contributed by atoms with Gasteiger partial charge in [-0.2, -0.15) is 4.99 Å². The molecule has 0 radical (unpaired) electrons. The second-order valence-corrected chi connectivity index (χ2v) is 12.1. The Morgan fingerprint density at radius 1 is 1.02 bits per heavy atom. The van der Waals surface area contributed by atoms with Crippen molar-refractivity contribution in [2.45, 2.75) is 45.5 Å². The molecule has 3 amide bonds. The second-order valence-electron chi connectivity index (χ2n) is 11.2. The third-order valence-corrected chi connectivity index (χ3v) is 8.09. The van der Waals surface area contributed by atoms with E-state index in [1.165, 1.54) is 51.9 Å². The van der Waals surface area contributed by atoms with Crippen LogP contribution < -0.4 is 19.7 Å². The topological polar surface area (TPSA) is 111 Å². The van der Waals surface area contributed by atoms with Gasteiger partial charge in [-0.15, -0.1) is 18.3 Å². The first-order valence-corrected chi connectivity index (χ1v) is 15.2. The van der Waals surface area contributed by atoms with Crippen LogP contribution in [0.25, 0.3) is 17.1 Å². The highest BCUT2D eigenvalue weighted by Gasteiger charge is 2.34. The smallest absolute Gasteiger partial charge is 0.497 e. The zero-order valence-electron chi connectivity index (χ0n) is 25.6. The maximum Gasteiger partial charge on any atom is 0.573 e. The first kappa shape index (κ1) is 32.5. The predicted molar refractivity (Wildman–Crippen MR) is 169 cm³/mol. The lowest BCUT2D eigenvalue weighted by molar-refractivity contribution is -0.274. The quantitative estimate of drug-likeness (QED) is 0.217. The Morgan fingerprint density at radius 3 is 2.33 bits per heavy atom. The van der Waals surface area contributed by atoms with Gasteiger partial charge in [-0.05, 0) is 73.4 Å². The van der Waals surface area contributed by atoms with E-state index in [2.05, 4.69) is 25.1 Å². The van der Waals surface area contributed by atoms with Crippen LogP contribution in [-0.4, -0.2) is 51.1 Å². The van der Waals surface area contributed by atoms with E-state index in [1.54, 1.807) is 31.4 Å². The number of halogens is 3. The molecule has 0 atom stereocenters. The number of hydrogen-bond donors (Lipinski definition) is 1. The molecule has 0 bridgehead atoms. The lowest BCUT2D eigenvalue weighted by Crippen LogP contribution is -2.40. The molecule has 0 unspecified atom stereocenters. The molecule has 4 aromatic rings. The zero-order chi connectivity index (χ0) is 33.2. The van der Waals surface area contributed by atoms with Crippen molar-refractivity contribution in [3.8, 4) is 28.6 Å². The molecule has 240 valence electrons. The van der Waals surface area contributed by atoms with Gasteiger partial charge < -0.3 is 14.8 Å². The van der Waals surface area contributed by atoms with Crippen molar-refractivity contribution in [1.82, 2.24) is 20.1 Å². The number of aromatic nitrogens is 3. The van der Waals surface area contributed by atoms with Gasteiger partial charge in [-0.3, -0.25) is 9.69 Å². The molecule has 1 N–H and O–H groups in total. The standard InChI is InChI=1S/C32H31F3N6O4S/c1-19(2)25-16-24(44-5)14-15-26(25)41-27(42)17-46-30(41)37-29(43)38-31(3,4)21-8-6-20(7-9-21)28-36-18-40(39-28)22-10-12-23(13-11-22)45-32(33,34)35/h6-16,18-19H,17H2,1-5H3,(H,38,43). The van der Waals surface area contributed by atoms with Gasteiger partial charge >= 0.3 is 12.4 Å². The highest BCUT2D eigenvalue weighted by molar-refractivity contribution is 8.15. The minimum absolute atomic E-state index is 0.0951. The van der Waals surface area contributed by atoms with Gasteiger partial charge in [0.1, 0.15) is 17.8 Å². The maximum absolute atomic E-state index is 13.1. The normalized spacial score (nSPS) is 14.7. The minimum atomic E-state index is -4.77. The molecular weight excluding hydrogens is 621 g/mol. The van der Waals surface area contributed by atoms with Crippen molar-refractivity contribution < 1.29 is 32.2 Å². The molecule has 3 aromatic carbocycles. The SMILES string of the molecule is COc1ccc(N2C(=O)CSC2=NC(=O)NC(C)(C)c2ccc(-c3ncn(-c4ccc(OC(F)(F)F)cc4)n3)cc2)c(C(C)C)c1. The summed E-state index contributed by atoms with van der Waals surface area (Å²) in [6, 6.07) is 17.4. The molecule has 0 aliphatic carbocycles. The summed E-state index contributed by atoms with van der Waals surface area (Å²) in [6.07, 6.45) is -3.32. The van der Waals surface area contributed by atoms with Crippen LogP contribution in [0.2, 0.25) is 0 Å². The van der Waals surface area contributed by atoms with E-state index < -0.39 is 17.9 Å². The molecule has 5 rings (SSSR count). The fraction of sp³-hybridized carbons (Fsp3) is 0.281. The highest BCUT2D eigenvalue weighted by Crippen LogP contribution is 2.36. The van der Waals surface area contributed by atoms with Crippen LogP contribution in [-0.2, 0) is 10.3 Å². The fourth-order valence-corrected chi connectivity index (χ4v) is 5.68. The van der Waals surface area contributed by atoms with E-state index in [0.29, 0.717) is 33.7 Å². The number of aliphatic imine (C=N–C) groups is 1. The van der Waals surface area contributed by atoms with Crippen molar-refractivity contribution >= 4 is 34.6 Å². The number of nitrogens with one attached hydrogen (secondary N) is 1. The molecule has 0 spiro atoms. The van der Waals surface area contributed by atoms with E-state index in [9.17, 15) is 22.8 Å². The predicted octanol–water partition coefficient (Wildman–Crippen LogP) is 7.05. The molecule has 2 heterocycles. The fourth-order valence-electron chi connectivity index (χ4n) is 4.82. The number of methoxy groups -OCH3 is 1. The second kappa shape index (κ2) is 12.9. The van der Waals surface area contributed by atoms with Crippen LogP contribution in [0.5, 0.6) is 11.5 Å². The largest absolute Gasteiger partial charge is 0.573 e. The maximum atomic E-state index is 13.1. The lowest BCUT2D eigenvalue weighted by Gasteiger charge is -2.26. The number of ether oxygens (including phenoxy) is 2. The summed E-state index contributed by atoms with van der Waals surface area (Å²) in [5.74, 6) is 0.839. The number of anilines is 1. The zero-order valence-corrected chi connectivity index (χ0v) is 26.4. The number of thioether (sulfide) groups is 1. The van der Waals surface area contributed by atoms with Crippen LogP contribution in [0, 0.1) is 0 Å². The molecule has 0 saturated carbocycles. The molecule has 14 heteroatoms. The Morgan fingerprint density at radius 2 is 1.70 bits per heavy atom. The van der Waals surface area contributed by atoms with Gasteiger partial charge in [-0.1, -0.05) is 49.9 Å². The summed E-state index contributed by atoms with van der Waals surface area (Å²) in [5, 5.41) is 7.66. The number of rotatable bonds is 8. The number of hydrogen-bond acceptors (Lipinski definition) is 7. The van der Waals surface area contributed by atoms with E-state index in [0.717, 1.165) is 11.1 Å². The minimum Gasteiger partial charge on any atom is -0.497 e. The Kier molecular flexibility index (Phi) is 9.10. The van der Waals surface area contributed by atoms with E-state index >= 15 is 0 Å². The Labute approximate surface area is 267 Å². The monoisotopic (exact) mass is 652 g/mol. The van der Waals surface area contributed by atoms with Gasteiger partial charge in [0, 0.05) is 5.56 Å². The van der Waals surface area contributed by atoms with Crippen LogP contribution in [0.1, 0.15) is 44.7 Å². The molecule has 1 aliphatic rings. The molecular formula is C32H31F3N6O4S. The van der Waals surface area contributed by atoms with Crippen molar-refractivity contribution in [2.75, 3.05) is 17.8 Å². The average molecular weight is 653 g/mol. The van der Waals surface area contributed by atoms with Crippen molar-refractivity contribution in [2.24, 2.45) is 4.99 Å². The number of urea groups is 1. The number of carbonyl (C=O) groups excluding carboxylic acids is 2. The van der Waals surface area contributed by atoms with Gasteiger partial charge in [0.25, 0.3) is 0 Å². The lowest BCUT2D eigenvalue weighted by atomic mass is 9.93. The highest BCUT2D eigenvalue weighted by atomic mass is 32.2. The number of benzene rings is 3. The molecule has 46 heavy (non-hydrogen) atoms. The van der Waals surface area contributed by atoms with Gasteiger partial charge in [-0.25, -0.2) is 14.5 Å². The molecule has 10 nitrogen and oxygen atoms in total. The number of nitrogens with zero attached hydrogens (tertiary/aromatic N) is 5.